The number of nitrogens with one attached hydrogen (secondary N) is 2. The highest BCUT2D eigenvalue weighted by atomic mass is 35.5. The Bertz CT molecular complexity index is 608. The van der Waals surface area contributed by atoms with Gasteiger partial charge in [0.25, 0.3) is 0 Å². The first-order valence-corrected chi connectivity index (χ1v) is 7.82. The smallest absolute Gasteiger partial charge is 0.240 e. The van der Waals surface area contributed by atoms with Crippen molar-refractivity contribution in [2.45, 2.75) is 23.8 Å². The molecule has 0 aromatic heterocycles. The number of hydrogen-bond acceptors (Lipinski definition) is 4. The fourth-order valence-electron chi connectivity index (χ4n) is 1.99. The average Bonchev–Trinajstić information content (AvgIpc) is 2.39. The van der Waals surface area contributed by atoms with E-state index < -0.39 is 10.0 Å². The summed E-state index contributed by atoms with van der Waals surface area (Å²) in [5, 5.41) is 12.1. The monoisotopic (exact) mass is 335 g/mol. The van der Waals surface area contributed by atoms with Crippen LogP contribution < -0.4 is 10.0 Å². The molecule has 1 saturated heterocycles. The molecule has 1 fully saturated rings. The topological polar surface area (TPSA) is 82.0 Å². The molecule has 2 rings (SSSR count). The van der Waals surface area contributed by atoms with E-state index in [0.29, 0.717) is 6.54 Å². The number of nitriles is 1. The molecule has 1 heterocycles. The molecule has 0 amide bonds. The normalized spacial score (nSPS) is 18.9. The maximum Gasteiger partial charge on any atom is 0.240 e. The van der Waals surface area contributed by atoms with Crippen molar-refractivity contribution in [2.24, 2.45) is 0 Å². The van der Waals surface area contributed by atoms with Crippen molar-refractivity contribution in [1.82, 2.24) is 10.0 Å². The van der Waals surface area contributed by atoms with Gasteiger partial charge >= 0.3 is 0 Å². The first-order chi connectivity index (χ1) is 9.03. The SMILES string of the molecule is Cl.N#Cc1ccc(S(=O)(=O)NC2CCCNC2)cc1Cl. The third-order valence-electron chi connectivity index (χ3n) is 2.99. The fourth-order valence-corrected chi connectivity index (χ4v) is 3.58. The summed E-state index contributed by atoms with van der Waals surface area (Å²) in [7, 11) is -3.59. The van der Waals surface area contributed by atoms with Gasteiger partial charge in [-0.05, 0) is 37.6 Å². The second kappa shape index (κ2) is 7.25. The van der Waals surface area contributed by atoms with Gasteiger partial charge in [-0.3, -0.25) is 0 Å². The molecule has 1 aliphatic heterocycles. The predicted molar refractivity (Wildman–Crippen MR) is 79.6 cm³/mol. The largest absolute Gasteiger partial charge is 0.315 e. The lowest BCUT2D eigenvalue weighted by atomic mass is 10.1. The Balaban J connectivity index is 0.00000200. The number of piperidine rings is 1. The zero-order chi connectivity index (χ0) is 13.9. The van der Waals surface area contributed by atoms with E-state index in [4.69, 9.17) is 16.9 Å². The average molecular weight is 336 g/mol. The van der Waals surface area contributed by atoms with Crippen molar-refractivity contribution in [1.29, 1.82) is 5.26 Å². The number of halogens is 2. The quantitative estimate of drug-likeness (QED) is 0.880. The van der Waals surface area contributed by atoms with Crippen molar-refractivity contribution < 1.29 is 8.42 Å². The van der Waals surface area contributed by atoms with E-state index in [1.54, 1.807) is 0 Å². The van der Waals surface area contributed by atoms with Crippen LogP contribution in [0.25, 0.3) is 0 Å². The van der Waals surface area contributed by atoms with E-state index in [9.17, 15) is 8.42 Å². The molecule has 1 aliphatic rings. The molecule has 20 heavy (non-hydrogen) atoms. The minimum Gasteiger partial charge on any atom is -0.315 e. The lowest BCUT2D eigenvalue weighted by molar-refractivity contribution is 0.428. The van der Waals surface area contributed by atoms with Crippen LogP contribution >= 0.6 is 24.0 Å². The molecule has 0 radical (unpaired) electrons. The molecule has 0 aliphatic carbocycles. The Hall–Kier alpha value is -0.840. The zero-order valence-corrected chi connectivity index (χ0v) is 13.0. The highest BCUT2D eigenvalue weighted by Crippen LogP contribution is 2.20. The lowest BCUT2D eigenvalue weighted by Crippen LogP contribution is -2.45. The molecular weight excluding hydrogens is 321 g/mol. The summed E-state index contributed by atoms with van der Waals surface area (Å²) in [4.78, 5) is 0.0853. The fraction of sp³-hybridized carbons (Fsp3) is 0.417. The number of benzene rings is 1. The van der Waals surface area contributed by atoms with E-state index in [2.05, 4.69) is 10.0 Å². The molecule has 0 spiro atoms. The summed E-state index contributed by atoms with van der Waals surface area (Å²) in [5.74, 6) is 0. The molecular formula is C12H15Cl2N3O2S. The molecule has 0 bridgehead atoms. The summed E-state index contributed by atoms with van der Waals surface area (Å²) in [6.07, 6.45) is 1.76. The summed E-state index contributed by atoms with van der Waals surface area (Å²) in [5.41, 5.74) is 0.264. The molecule has 110 valence electrons. The van der Waals surface area contributed by atoms with Crippen LogP contribution in [-0.4, -0.2) is 27.5 Å². The molecule has 5 nitrogen and oxygen atoms in total. The highest BCUT2D eigenvalue weighted by Gasteiger charge is 2.22. The summed E-state index contributed by atoms with van der Waals surface area (Å²) in [6.45, 7) is 1.55. The van der Waals surface area contributed by atoms with Crippen LogP contribution in [0.4, 0.5) is 0 Å². The van der Waals surface area contributed by atoms with E-state index >= 15 is 0 Å². The maximum absolute atomic E-state index is 12.2. The minimum atomic E-state index is -3.59. The zero-order valence-electron chi connectivity index (χ0n) is 10.6. The van der Waals surface area contributed by atoms with Gasteiger partial charge in [0.15, 0.2) is 0 Å². The van der Waals surface area contributed by atoms with Crippen molar-refractivity contribution in [3.05, 3.63) is 28.8 Å². The van der Waals surface area contributed by atoms with Crippen LogP contribution in [-0.2, 0) is 10.0 Å². The number of sulfonamides is 1. The Morgan fingerprint density at radius 3 is 2.75 bits per heavy atom. The summed E-state index contributed by atoms with van der Waals surface area (Å²) in [6, 6.07) is 5.90. The predicted octanol–water partition coefficient (Wildman–Crippen LogP) is 1.66. The first-order valence-electron chi connectivity index (χ1n) is 5.95. The summed E-state index contributed by atoms with van der Waals surface area (Å²) >= 11 is 5.85. The minimum absolute atomic E-state index is 0. The van der Waals surface area contributed by atoms with Gasteiger partial charge in [-0.15, -0.1) is 12.4 Å². The van der Waals surface area contributed by atoms with Crippen LogP contribution in [0, 0.1) is 11.3 Å². The Morgan fingerprint density at radius 1 is 1.45 bits per heavy atom. The van der Waals surface area contributed by atoms with Gasteiger partial charge in [-0.25, -0.2) is 13.1 Å². The second-order valence-corrected chi connectivity index (χ2v) is 6.54. The molecule has 1 unspecified atom stereocenters. The van der Waals surface area contributed by atoms with E-state index in [1.165, 1.54) is 18.2 Å². The first kappa shape index (κ1) is 17.2. The Morgan fingerprint density at radius 2 is 2.20 bits per heavy atom. The van der Waals surface area contributed by atoms with Gasteiger partial charge < -0.3 is 5.32 Å². The number of rotatable bonds is 3. The summed E-state index contributed by atoms with van der Waals surface area (Å²) < 4.78 is 27.0. The van der Waals surface area contributed by atoms with Gasteiger partial charge in [-0.1, -0.05) is 11.6 Å². The van der Waals surface area contributed by atoms with Crippen LogP contribution in [0.1, 0.15) is 18.4 Å². The molecule has 2 N–H and O–H groups in total. The lowest BCUT2D eigenvalue weighted by Gasteiger charge is -2.23. The van der Waals surface area contributed by atoms with E-state index in [-0.39, 0.29) is 33.9 Å². The Kier molecular flexibility index (Phi) is 6.24. The van der Waals surface area contributed by atoms with Gasteiger partial charge in [0.1, 0.15) is 6.07 Å². The number of nitrogens with zero attached hydrogens (tertiary/aromatic N) is 1. The number of hydrogen-bond donors (Lipinski definition) is 2. The molecule has 0 saturated carbocycles. The standard InChI is InChI=1S/C12H14ClN3O2S.ClH/c13-12-6-11(4-3-9(12)7-14)19(17,18)16-10-2-1-5-15-8-10;/h3-4,6,10,15-16H,1-2,5,8H2;1H. The molecule has 1 aromatic rings. The van der Waals surface area contributed by atoms with Gasteiger partial charge in [0.05, 0.1) is 15.5 Å². The third kappa shape index (κ3) is 4.08. The maximum atomic E-state index is 12.2. The van der Waals surface area contributed by atoms with Crippen LogP contribution in [0.2, 0.25) is 5.02 Å². The van der Waals surface area contributed by atoms with Gasteiger partial charge in [-0.2, -0.15) is 5.26 Å². The van der Waals surface area contributed by atoms with Crippen LogP contribution in [0.15, 0.2) is 23.1 Å². The van der Waals surface area contributed by atoms with Crippen molar-refractivity contribution in [3.8, 4) is 6.07 Å². The van der Waals surface area contributed by atoms with Crippen LogP contribution in [0.5, 0.6) is 0 Å². The van der Waals surface area contributed by atoms with E-state index in [0.717, 1.165) is 19.4 Å². The van der Waals surface area contributed by atoms with Crippen molar-refractivity contribution >= 4 is 34.0 Å². The molecule has 8 heteroatoms. The van der Waals surface area contributed by atoms with Crippen molar-refractivity contribution in [3.63, 3.8) is 0 Å². The van der Waals surface area contributed by atoms with Crippen LogP contribution in [0.3, 0.4) is 0 Å². The molecule has 1 atom stereocenters. The molecule has 1 aromatic carbocycles. The van der Waals surface area contributed by atoms with Gasteiger partial charge in [0.2, 0.25) is 10.0 Å². The van der Waals surface area contributed by atoms with Crippen molar-refractivity contribution in [2.75, 3.05) is 13.1 Å². The third-order valence-corrected chi connectivity index (χ3v) is 4.82. The second-order valence-electron chi connectivity index (χ2n) is 4.42. The van der Waals surface area contributed by atoms with E-state index in [1.807, 2.05) is 6.07 Å². The Labute approximate surface area is 129 Å². The van der Waals surface area contributed by atoms with Gasteiger partial charge in [0, 0.05) is 12.6 Å². The highest BCUT2D eigenvalue weighted by molar-refractivity contribution is 7.89.